The molecule has 0 amide bonds. The van der Waals surface area contributed by atoms with Crippen molar-refractivity contribution in [2.45, 2.75) is 13.0 Å². The van der Waals surface area contributed by atoms with Gasteiger partial charge in [0.15, 0.2) is 0 Å². The molecule has 0 radical (unpaired) electrons. The van der Waals surface area contributed by atoms with Crippen LogP contribution in [0.25, 0.3) is 0 Å². The molecule has 0 aliphatic heterocycles. The average molecular weight is 290 g/mol. The Bertz CT molecular complexity index is 357. The third kappa shape index (κ3) is 3.10. The van der Waals surface area contributed by atoms with Crippen molar-refractivity contribution in [1.82, 2.24) is 0 Å². The first-order valence-electron chi connectivity index (χ1n) is 4.96. The van der Waals surface area contributed by atoms with Gasteiger partial charge in [0, 0.05) is 11.0 Å². The Hall–Kier alpha value is -0.780. The van der Waals surface area contributed by atoms with Gasteiger partial charge in [-0.05, 0) is 24.6 Å². The summed E-state index contributed by atoms with van der Waals surface area (Å²) in [6.45, 7) is 1.97. The fourth-order valence-corrected chi connectivity index (χ4v) is 1.67. The minimum Gasteiger partial charge on any atom is -0.495 e. The summed E-state index contributed by atoms with van der Waals surface area (Å²) >= 11 is 3.43. The van der Waals surface area contributed by atoms with Gasteiger partial charge in [-0.15, -0.1) is 0 Å². The van der Waals surface area contributed by atoms with Gasteiger partial charge in [-0.25, -0.2) is 0 Å². The van der Waals surface area contributed by atoms with Crippen molar-refractivity contribution in [1.29, 1.82) is 0 Å². The lowest BCUT2D eigenvalue weighted by molar-refractivity contribution is 0.105. The number of aliphatic hydroxyl groups excluding tert-OH is 2. The van der Waals surface area contributed by atoms with Crippen LogP contribution in [0.1, 0.15) is 5.56 Å². The van der Waals surface area contributed by atoms with E-state index in [4.69, 9.17) is 9.84 Å². The highest BCUT2D eigenvalue weighted by Crippen LogP contribution is 2.33. The Morgan fingerprint density at radius 1 is 1.50 bits per heavy atom. The second kappa shape index (κ2) is 6.08. The first-order valence-corrected chi connectivity index (χ1v) is 5.75. The monoisotopic (exact) mass is 289 g/mol. The first-order chi connectivity index (χ1) is 7.60. The van der Waals surface area contributed by atoms with E-state index in [9.17, 15) is 5.11 Å². The summed E-state index contributed by atoms with van der Waals surface area (Å²) < 4.78 is 6.19. The third-order valence-electron chi connectivity index (χ3n) is 2.31. The second-order valence-corrected chi connectivity index (χ2v) is 4.32. The molecule has 1 rings (SSSR count). The number of benzene rings is 1. The predicted molar refractivity (Wildman–Crippen MR) is 67.0 cm³/mol. The molecule has 90 valence electrons. The van der Waals surface area contributed by atoms with E-state index in [1.165, 1.54) is 0 Å². The van der Waals surface area contributed by atoms with Crippen LogP contribution in [0.4, 0.5) is 5.69 Å². The van der Waals surface area contributed by atoms with Crippen LogP contribution in [-0.4, -0.2) is 36.6 Å². The Kier molecular flexibility index (Phi) is 5.05. The van der Waals surface area contributed by atoms with Crippen molar-refractivity contribution in [3.8, 4) is 5.75 Å². The molecule has 1 aromatic rings. The summed E-state index contributed by atoms with van der Waals surface area (Å²) in [5, 5.41) is 21.1. The summed E-state index contributed by atoms with van der Waals surface area (Å²) in [5.74, 6) is 0.714. The zero-order valence-electron chi connectivity index (χ0n) is 9.33. The Balaban J connectivity index is 2.88. The number of rotatable bonds is 5. The lowest BCUT2D eigenvalue weighted by atomic mass is 10.2. The van der Waals surface area contributed by atoms with Crippen LogP contribution in [0.3, 0.4) is 0 Å². The average Bonchev–Trinajstić information content (AvgIpc) is 2.30. The van der Waals surface area contributed by atoms with E-state index in [2.05, 4.69) is 21.2 Å². The topological polar surface area (TPSA) is 61.7 Å². The molecule has 0 heterocycles. The molecule has 1 atom stereocenters. The van der Waals surface area contributed by atoms with Gasteiger partial charge < -0.3 is 20.3 Å². The maximum absolute atomic E-state index is 9.28. The lowest BCUT2D eigenvalue weighted by Crippen LogP contribution is -2.23. The van der Waals surface area contributed by atoms with Crippen molar-refractivity contribution in [2.24, 2.45) is 0 Å². The van der Waals surface area contributed by atoms with Crippen molar-refractivity contribution in [3.05, 3.63) is 22.2 Å². The number of methoxy groups -OCH3 is 1. The number of ether oxygens (including phenoxy) is 1. The van der Waals surface area contributed by atoms with Crippen LogP contribution in [0.5, 0.6) is 5.75 Å². The fourth-order valence-electron chi connectivity index (χ4n) is 1.34. The summed E-state index contributed by atoms with van der Waals surface area (Å²) in [5.41, 5.74) is 1.83. The SMILES string of the molecule is COc1ccc(Br)c(C)c1NCC(O)CO. The molecule has 0 aromatic heterocycles. The standard InChI is InChI=1S/C11H16BrNO3/c1-7-9(12)3-4-10(16-2)11(7)13-5-8(15)6-14/h3-4,8,13-15H,5-6H2,1-2H3. The molecule has 1 aromatic carbocycles. The van der Waals surface area contributed by atoms with Crippen LogP contribution >= 0.6 is 15.9 Å². The third-order valence-corrected chi connectivity index (χ3v) is 3.16. The highest BCUT2D eigenvalue weighted by Gasteiger charge is 2.10. The zero-order chi connectivity index (χ0) is 12.1. The van der Waals surface area contributed by atoms with Gasteiger partial charge in [-0.3, -0.25) is 0 Å². The van der Waals surface area contributed by atoms with E-state index in [0.717, 1.165) is 15.7 Å². The van der Waals surface area contributed by atoms with Crippen LogP contribution in [0, 0.1) is 6.92 Å². The van der Waals surface area contributed by atoms with E-state index in [-0.39, 0.29) is 13.2 Å². The molecule has 0 aliphatic carbocycles. The Morgan fingerprint density at radius 3 is 2.75 bits per heavy atom. The Morgan fingerprint density at radius 2 is 2.19 bits per heavy atom. The molecule has 0 saturated heterocycles. The smallest absolute Gasteiger partial charge is 0.142 e. The van der Waals surface area contributed by atoms with Crippen LogP contribution in [-0.2, 0) is 0 Å². The minimum atomic E-state index is -0.775. The normalized spacial score (nSPS) is 12.3. The number of nitrogens with one attached hydrogen (secondary N) is 1. The molecule has 0 fully saturated rings. The van der Waals surface area contributed by atoms with Crippen molar-refractivity contribution in [2.75, 3.05) is 25.6 Å². The number of aliphatic hydroxyl groups is 2. The quantitative estimate of drug-likeness (QED) is 0.769. The summed E-state index contributed by atoms with van der Waals surface area (Å²) in [6.07, 6.45) is -0.775. The molecule has 4 nitrogen and oxygen atoms in total. The van der Waals surface area contributed by atoms with Gasteiger partial charge in [0.1, 0.15) is 5.75 Å². The molecule has 3 N–H and O–H groups in total. The molecule has 16 heavy (non-hydrogen) atoms. The molecule has 0 saturated carbocycles. The van der Waals surface area contributed by atoms with Crippen LogP contribution in [0.2, 0.25) is 0 Å². The number of halogens is 1. The summed E-state index contributed by atoms with van der Waals surface area (Å²) in [7, 11) is 1.59. The molecule has 0 spiro atoms. The maximum Gasteiger partial charge on any atom is 0.142 e. The van der Waals surface area contributed by atoms with Gasteiger partial charge in [0.05, 0.1) is 25.5 Å². The van der Waals surface area contributed by atoms with Crippen molar-refractivity contribution >= 4 is 21.6 Å². The van der Waals surface area contributed by atoms with E-state index in [1.54, 1.807) is 7.11 Å². The molecular formula is C11H16BrNO3. The minimum absolute atomic E-state index is 0.262. The van der Waals surface area contributed by atoms with Gasteiger partial charge >= 0.3 is 0 Å². The number of hydrogen-bond donors (Lipinski definition) is 3. The highest BCUT2D eigenvalue weighted by molar-refractivity contribution is 9.10. The van der Waals surface area contributed by atoms with Gasteiger partial charge in [0.25, 0.3) is 0 Å². The molecule has 0 bridgehead atoms. The first kappa shape index (κ1) is 13.3. The molecule has 5 heteroatoms. The van der Waals surface area contributed by atoms with Gasteiger partial charge in [0.2, 0.25) is 0 Å². The highest BCUT2D eigenvalue weighted by atomic mass is 79.9. The van der Waals surface area contributed by atoms with E-state index >= 15 is 0 Å². The predicted octanol–water partition coefficient (Wildman–Crippen LogP) is 1.53. The zero-order valence-corrected chi connectivity index (χ0v) is 10.9. The van der Waals surface area contributed by atoms with Crippen molar-refractivity contribution in [3.63, 3.8) is 0 Å². The van der Waals surface area contributed by atoms with E-state index in [0.29, 0.717) is 5.75 Å². The van der Waals surface area contributed by atoms with Crippen LogP contribution < -0.4 is 10.1 Å². The fraction of sp³-hybridized carbons (Fsp3) is 0.455. The molecule has 1 unspecified atom stereocenters. The summed E-state index contributed by atoms with van der Waals surface area (Å²) in [6, 6.07) is 3.74. The Labute approximate surface area is 103 Å². The van der Waals surface area contributed by atoms with Crippen LogP contribution in [0.15, 0.2) is 16.6 Å². The lowest BCUT2D eigenvalue weighted by Gasteiger charge is -2.16. The number of hydrogen-bond acceptors (Lipinski definition) is 4. The summed E-state index contributed by atoms with van der Waals surface area (Å²) in [4.78, 5) is 0. The van der Waals surface area contributed by atoms with Crippen molar-refractivity contribution < 1.29 is 14.9 Å². The van der Waals surface area contributed by atoms with E-state index < -0.39 is 6.10 Å². The molecule has 0 aliphatic rings. The number of anilines is 1. The van der Waals surface area contributed by atoms with Gasteiger partial charge in [-0.1, -0.05) is 15.9 Å². The largest absolute Gasteiger partial charge is 0.495 e. The van der Waals surface area contributed by atoms with Gasteiger partial charge in [-0.2, -0.15) is 0 Å². The maximum atomic E-state index is 9.28. The molecular weight excluding hydrogens is 274 g/mol. The second-order valence-electron chi connectivity index (χ2n) is 3.47. The van der Waals surface area contributed by atoms with E-state index in [1.807, 2.05) is 19.1 Å².